The van der Waals surface area contributed by atoms with Crippen LogP contribution in [0.3, 0.4) is 0 Å². The minimum atomic E-state index is 0.649. The highest BCUT2D eigenvalue weighted by Gasteiger charge is 2.20. The van der Waals surface area contributed by atoms with E-state index < -0.39 is 0 Å². The second-order valence-corrected chi connectivity index (χ2v) is 5.92. The van der Waals surface area contributed by atoms with E-state index in [-0.39, 0.29) is 0 Å². The van der Waals surface area contributed by atoms with Crippen molar-refractivity contribution in [2.45, 2.75) is 27.7 Å². The maximum atomic E-state index is 7.12. The Morgan fingerprint density at radius 3 is 2.26 bits per heavy atom. The molecule has 114 valence electrons. The number of benzene rings is 1. The number of rotatable bonds is 2. The number of hydrogen-bond donors (Lipinski definition) is 1. The smallest absolute Gasteiger partial charge is 0.187 e. The summed E-state index contributed by atoms with van der Waals surface area (Å²) in [5, 5.41) is 0. The first-order valence-corrected chi connectivity index (χ1v) is 7.62. The largest absolute Gasteiger partial charge is 0.361 e. The molecule has 0 atom stereocenters. The predicted molar refractivity (Wildman–Crippen MR) is 95.9 cm³/mol. The van der Waals surface area contributed by atoms with E-state index in [0.29, 0.717) is 5.69 Å². The zero-order valence-electron chi connectivity index (χ0n) is 13.9. The fourth-order valence-electron chi connectivity index (χ4n) is 2.75. The molecule has 2 aromatic rings. The van der Waals surface area contributed by atoms with Crippen LogP contribution in [0, 0.1) is 20.4 Å². The first-order chi connectivity index (χ1) is 11.0. The molecule has 3 nitrogen and oxygen atoms in total. The van der Waals surface area contributed by atoms with E-state index in [1.54, 1.807) is 0 Å². The van der Waals surface area contributed by atoms with Crippen molar-refractivity contribution in [1.82, 2.24) is 4.98 Å². The standard InChI is InChI=1S/C20H19N3/c1-12-10-22-19(14(12)3)18(20-15(4)13(2)11-23-20)16-6-8-17(21-5)9-7-16/h6-11,22H,1-4H3. The Hall–Kier alpha value is -2.86. The Kier molecular flexibility index (Phi) is 3.75. The van der Waals surface area contributed by atoms with Gasteiger partial charge in [0.25, 0.3) is 0 Å². The zero-order chi connectivity index (χ0) is 16.6. The van der Waals surface area contributed by atoms with Crippen molar-refractivity contribution in [2.75, 3.05) is 0 Å². The van der Waals surface area contributed by atoms with Crippen LogP contribution in [0.4, 0.5) is 5.69 Å². The quantitative estimate of drug-likeness (QED) is 0.724. The highest BCUT2D eigenvalue weighted by atomic mass is 14.8. The van der Waals surface area contributed by atoms with Crippen molar-refractivity contribution in [3.63, 3.8) is 0 Å². The summed E-state index contributed by atoms with van der Waals surface area (Å²) in [7, 11) is 0. The first kappa shape index (κ1) is 15.1. The molecule has 0 bridgehead atoms. The third kappa shape index (κ3) is 2.53. The number of allylic oxidation sites excluding steroid dienone is 2. The minimum absolute atomic E-state index is 0.649. The van der Waals surface area contributed by atoms with E-state index in [4.69, 9.17) is 6.57 Å². The average Bonchev–Trinajstić information content (AvgIpc) is 3.06. The lowest BCUT2D eigenvalue weighted by molar-refractivity contribution is 1.25. The Balaban J connectivity index is 2.28. The highest BCUT2D eigenvalue weighted by molar-refractivity contribution is 5.93. The van der Waals surface area contributed by atoms with Gasteiger partial charge in [-0.25, -0.2) is 4.85 Å². The van der Waals surface area contributed by atoms with Crippen LogP contribution in [-0.4, -0.2) is 11.2 Å². The number of H-pyrrole nitrogens is 1. The van der Waals surface area contributed by atoms with Crippen molar-refractivity contribution >= 4 is 17.5 Å². The molecule has 0 unspecified atom stereocenters. The second kappa shape index (κ2) is 5.73. The molecule has 0 amide bonds. The second-order valence-electron chi connectivity index (χ2n) is 5.92. The molecule has 3 rings (SSSR count). The topological polar surface area (TPSA) is 32.5 Å². The van der Waals surface area contributed by atoms with Crippen molar-refractivity contribution in [2.24, 2.45) is 4.99 Å². The molecule has 2 heterocycles. The molecule has 1 aliphatic heterocycles. The van der Waals surface area contributed by atoms with E-state index in [1.165, 1.54) is 22.3 Å². The van der Waals surface area contributed by atoms with Crippen LogP contribution in [0.5, 0.6) is 0 Å². The maximum Gasteiger partial charge on any atom is 0.187 e. The molecule has 23 heavy (non-hydrogen) atoms. The fourth-order valence-corrected chi connectivity index (χ4v) is 2.75. The number of nitrogens with one attached hydrogen (secondary N) is 1. The van der Waals surface area contributed by atoms with E-state index in [0.717, 1.165) is 22.5 Å². The number of aliphatic imine (C=N–C) groups is 1. The molecule has 1 N–H and O–H groups in total. The molecular formula is C20H19N3. The Morgan fingerprint density at radius 2 is 1.78 bits per heavy atom. The molecule has 0 aliphatic carbocycles. The van der Waals surface area contributed by atoms with Crippen molar-refractivity contribution in [3.05, 3.63) is 81.1 Å². The number of nitrogens with zero attached hydrogens (tertiary/aromatic N) is 2. The van der Waals surface area contributed by atoms with Crippen molar-refractivity contribution in [3.8, 4) is 0 Å². The van der Waals surface area contributed by atoms with Gasteiger partial charge in [-0.05, 0) is 55.5 Å². The lowest BCUT2D eigenvalue weighted by atomic mass is 9.94. The molecule has 0 radical (unpaired) electrons. The van der Waals surface area contributed by atoms with Crippen LogP contribution >= 0.6 is 0 Å². The number of hydrogen-bond acceptors (Lipinski definition) is 1. The molecule has 0 spiro atoms. The van der Waals surface area contributed by atoms with Gasteiger partial charge < -0.3 is 4.98 Å². The van der Waals surface area contributed by atoms with E-state index in [2.05, 4.69) is 42.5 Å². The van der Waals surface area contributed by atoms with Gasteiger partial charge in [0.05, 0.1) is 18.0 Å². The van der Waals surface area contributed by atoms with E-state index in [9.17, 15) is 0 Å². The zero-order valence-corrected chi connectivity index (χ0v) is 13.9. The Morgan fingerprint density at radius 1 is 1.09 bits per heavy atom. The molecule has 0 fully saturated rings. The molecule has 0 saturated carbocycles. The van der Waals surface area contributed by atoms with E-state index >= 15 is 0 Å². The van der Waals surface area contributed by atoms with Gasteiger partial charge in [-0.15, -0.1) is 0 Å². The predicted octanol–water partition coefficient (Wildman–Crippen LogP) is 5.36. The molecule has 1 aliphatic rings. The summed E-state index contributed by atoms with van der Waals surface area (Å²) in [6.45, 7) is 15.5. The summed E-state index contributed by atoms with van der Waals surface area (Å²) in [5.41, 5.74) is 9.77. The normalized spacial score (nSPS) is 16.0. The van der Waals surface area contributed by atoms with Gasteiger partial charge in [0, 0.05) is 18.0 Å². The third-order valence-electron chi connectivity index (χ3n) is 4.51. The van der Waals surface area contributed by atoms with Gasteiger partial charge in [0.15, 0.2) is 5.69 Å². The number of aromatic amines is 1. The van der Waals surface area contributed by atoms with Gasteiger partial charge in [0.2, 0.25) is 0 Å². The summed E-state index contributed by atoms with van der Waals surface area (Å²) >= 11 is 0. The summed E-state index contributed by atoms with van der Waals surface area (Å²) in [6.07, 6.45) is 3.95. The number of aryl methyl sites for hydroxylation is 1. The van der Waals surface area contributed by atoms with Crippen LogP contribution in [-0.2, 0) is 0 Å². The number of aromatic nitrogens is 1. The maximum absolute atomic E-state index is 7.12. The van der Waals surface area contributed by atoms with Crippen LogP contribution in [0.2, 0.25) is 0 Å². The highest BCUT2D eigenvalue weighted by Crippen LogP contribution is 2.36. The Bertz CT molecular complexity index is 897. The minimum Gasteiger partial charge on any atom is -0.361 e. The first-order valence-electron chi connectivity index (χ1n) is 7.62. The summed E-state index contributed by atoms with van der Waals surface area (Å²) in [5.74, 6) is 0. The summed E-state index contributed by atoms with van der Waals surface area (Å²) in [4.78, 5) is 11.5. The van der Waals surface area contributed by atoms with Crippen molar-refractivity contribution < 1.29 is 0 Å². The van der Waals surface area contributed by atoms with Crippen LogP contribution < -0.4 is 0 Å². The van der Waals surface area contributed by atoms with Gasteiger partial charge in [-0.1, -0.05) is 24.3 Å². The summed E-state index contributed by atoms with van der Waals surface area (Å²) in [6, 6.07) is 7.72. The average molecular weight is 301 g/mol. The molecule has 0 saturated heterocycles. The molecule has 1 aromatic heterocycles. The lowest BCUT2D eigenvalue weighted by Crippen LogP contribution is -1.96. The van der Waals surface area contributed by atoms with Gasteiger partial charge in [-0.2, -0.15) is 0 Å². The molecule has 1 aromatic carbocycles. The summed E-state index contributed by atoms with van der Waals surface area (Å²) < 4.78 is 0. The Labute approximate surface area is 136 Å². The van der Waals surface area contributed by atoms with Gasteiger partial charge in [0.1, 0.15) is 0 Å². The van der Waals surface area contributed by atoms with Gasteiger partial charge in [-0.3, -0.25) is 4.99 Å². The van der Waals surface area contributed by atoms with Gasteiger partial charge >= 0.3 is 0 Å². The van der Waals surface area contributed by atoms with Crippen LogP contribution in [0.25, 0.3) is 10.4 Å². The van der Waals surface area contributed by atoms with Crippen molar-refractivity contribution in [1.29, 1.82) is 0 Å². The molecular weight excluding hydrogens is 282 g/mol. The SMILES string of the molecule is [C-]#[N+]c1ccc(C(=C2N=CC(C)=C2C)c2[nH]cc(C)c2C)cc1. The lowest BCUT2D eigenvalue weighted by Gasteiger charge is -2.12. The van der Waals surface area contributed by atoms with Crippen LogP contribution in [0.15, 0.2) is 52.3 Å². The third-order valence-corrected chi connectivity index (χ3v) is 4.51. The monoisotopic (exact) mass is 301 g/mol. The fraction of sp³-hybridized carbons (Fsp3) is 0.200. The molecule has 3 heteroatoms. The van der Waals surface area contributed by atoms with E-state index in [1.807, 2.05) is 36.7 Å². The van der Waals surface area contributed by atoms with Crippen LogP contribution in [0.1, 0.15) is 36.2 Å².